The van der Waals surface area contributed by atoms with E-state index in [9.17, 15) is 0 Å². The monoisotopic (exact) mass is 248 g/mol. The second kappa shape index (κ2) is 9.02. The van der Waals surface area contributed by atoms with E-state index in [4.69, 9.17) is 4.74 Å². The summed E-state index contributed by atoms with van der Waals surface area (Å²) in [5.74, 6) is 1.94. The van der Waals surface area contributed by atoms with Gasteiger partial charge in [-0.2, -0.15) is 0 Å². The molecule has 0 fully saturated rings. The van der Waals surface area contributed by atoms with Gasteiger partial charge in [0.2, 0.25) is 0 Å². The zero-order chi connectivity index (χ0) is 13.2. The standard InChI is InChI=1S/C17H28O/c1-4-10-15(2)11-6-5-7-12-16-13-8-9-14-17(16)18-3/h8-9,13-15H,4-7,10-12H2,1-3H3. The lowest BCUT2D eigenvalue weighted by Gasteiger charge is -2.10. The van der Waals surface area contributed by atoms with Gasteiger partial charge in [-0.1, -0.05) is 64.2 Å². The van der Waals surface area contributed by atoms with E-state index in [1.54, 1.807) is 7.11 Å². The minimum absolute atomic E-state index is 0.904. The van der Waals surface area contributed by atoms with E-state index in [-0.39, 0.29) is 0 Å². The molecule has 1 atom stereocenters. The third-order valence-electron chi connectivity index (χ3n) is 3.62. The van der Waals surface area contributed by atoms with Crippen molar-refractivity contribution in [2.24, 2.45) is 5.92 Å². The van der Waals surface area contributed by atoms with Gasteiger partial charge in [0.25, 0.3) is 0 Å². The van der Waals surface area contributed by atoms with Crippen LogP contribution in [-0.4, -0.2) is 7.11 Å². The van der Waals surface area contributed by atoms with Crippen LogP contribution in [0.1, 0.15) is 57.9 Å². The Balaban J connectivity index is 2.17. The van der Waals surface area contributed by atoms with Gasteiger partial charge in [0.15, 0.2) is 0 Å². The molecule has 1 aromatic rings. The first-order chi connectivity index (χ1) is 8.77. The summed E-state index contributed by atoms with van der Waals surface area (Å²) >= 11 is 0. The largest absolute Gasteiger partial charge is 0.496 e. The lowest BCUT2D eigenvalue weighted by Crippen LogP contribution is -1.95. The van der Waals surface area contributed by atoms with Crippen molar-refractivity contribution in [3.63, 3.8) is 0 Å². The van der Waals surface area contributed by atoms with Crippen molar-refractivity contribution in [2.75, 3.05) is 7.11 Å². The average molecular weight is 248 g/mol. The summed E-state index contributed by atoms with van der Waals surface area (Å²) in [7, 11) is 1.76. The highest BCUT2D eigenvalue weighted by Gasteiger charge is 2.03. The Labute approximate surface area is 113 Å². The molecule has 1 unspecified atom stereocenters. The fourth-order valence-electron chi connectivity index (χ4n) is 2.53. The molecular formula is C17H28O. The van der Waals surface area contributed by atoms with Crippen molar-refractivity contribution in [3.05, 3.63) is 29.8 Å². The van der Waals surface area contributed by atoms with Crippen molar-refractivity contribution in [1.82, 2.24) is 0 Å². The van der Waals surface area contributed by atoms with Crippen LogP contribution >= 0.6 is 0 Å². The van der Waals surface area contributed by atoms with E-state index in [1.165, 1.54) is 44.1 Å². The van der Waals surface area contributed by atoms with Gasteiger partial charge in [0.05, 0.1) is 7.11 Å². The Morgan fingerprint density at radius 3 is 2.56 bits per heavy atom. The molecule has 1 aromatic carbocycles. The van der Waals surface area contributed by atoms with E-state index >= 15 is 0 Å². The van der Waals surface area contributed by atoms with Gasteiger partial charge in [-0.3, -0.25) is 0 Å². The zero-order valence-electron chi connectivity index (χ0n) is 12.2. The molecule has 0 radical (unpaired) electrons. The summed E-state index contributed by atoms with van der Waals surface area (Å²) in [4.78, 5) is 0. The van der Waals surface area contributed by atoms with Gasteiger partial charge >= 0.3 is 0 Å². The van der Waals surface area contributed by atoms with Gasteiger partial charge in [0, 0.05) is 0 Å². The molecule has 1 nitrogen and oxygen atoms in total. The summed E-state index contributed by atoms with van der Waals surface area (Å²) in [6.45, 7) is 4.65. The van der Waals surface area contributed by atoms with Crippen molar-refractivity contribution >= 4 is 0 Å². The van der Waals surface area contributed by atoms with Crippen LogP contribution in [0.15, 0.2) is 24.3 Å². The number of hydrogen-bond donors (Lipinski definition) is 0. The highest BCUT2D eigenvalue weighted by Crippen LogP contribution is 2.21. The number of unbranched alkanes of at least 4 members (excludes halogenated alkanes) is 2. The summed E-state index contributed by atoms with van der Waals surface area (Å²) in [6, 6.07) is 8.37. The van der Waals surface area contributed by atoms with Crippen LogP contribution in [0.2, 0.25) is 0 Å². The molecule has 0 N–H and O–H groups in total. The summed E-state index contributed by atoms with van der Waals surface area (Å²) < 4.78 is 5.37. The molecule has 0 aliphatic carbocycles. The molecule has 0 saturated heterocycles. The summed E-state index contributed by atoms with van der Waals surface area (Å²) in [5, 5.41) is 0. The molecule has 0 aliphatic heterocycles. The fraction of sp³-hybridized carbons (Fsp3) is 0.647. The van der Waals surface area contributed by atoms with Crippen LogP contribution < -0.4 is 4.74 Å². The third kappa shape index (κ3) is 5.57. The molecule has 0 amide bonds. The molecule has 0 aromatic heterocycles. The second-order valence-corrected chi connectivity index (χ2v) is 5.31. The van der Waals surface area contributed by atoms with Gasteiger partial charge in [-0.15, -0.1) is 0 Å². The minimum Gasteiger partial charge on any atom is -0.496 e. The number of methoxy groups -OCH3 is 1. The topological polar surface area (TPSA) is 9.23 Å². The number of ether oxygens (including phenoxy) is 1. The molecule has 102 valence electrons. The van der Waals surface area contributed by atoms with Crippen LogP contribution in [0.5, 0.6) is 5.75 Å². The van der Waals surface area contributed by atoms with Crippen LogP contribution in [-0.2, 0) is 6.42 Å². The van der Waals surface area contributed by atoms with Crippen molar-refractivity contribution in [1.29, 1.82) is 0 Å². The molecule has 18 heavy (non-hydrogen) atoms. The Kier molecular flexibility index (Phi) is 7.55. The first-order valence-electron chi connectivity index (χ1n) is 7.39. The normalized spacial score (nSPS) is 12.4. The van der Waals surface area contributed by atoms with Crippen LogP contribution in [0, 0.1) is 5.92 Å². The van der Waals surface area contributed by atoms with E-state index in [0.29, 0.717) is 0 Å². The molecule has 0 heterocycles. The predicted molar refractivity (Wildman–Crippen MR) is 79.2 cm³/mol. The van der Waals surface area contributed by atoms with Crippen molar-refractivity contribution in [2.45, 2.75) is 58.8 Å². The van der Waals surface area contributed by atoms with Crippen LogP contribution in [0.25, 0.3) is 0 Å². The van der Waals surface area contributed by atoms with E-state index in [2.05, 4.69) is 32.0 Å². The SMILES string of the molecule is CCCC(C)CCCCCc1ccccc1OC. The lowest BCUT2D eigenvalue weighted by molar-refractivity contribution is 0.408. The maximum Gasteiger partial charge on any atom is 0.122 e. The second-order valence-electron chi connectivity index (χ2n) is 5.31. The fourth-order valence-corrected chi connectivity index (χ4v) is 2.53. The maximum atomic E-state index is 5.37. The number of rotatable bonds is 9. The maximum absolute atomic E-state index is 5.37. The van der Waals surface area contributed by atoms with Crippen molar-refractivity contribution in [3.8, 4) is 5.75 Å². The van der Waals surface area contributed by atoms with Gasteiger partial charge in [0.1, 0.15) is 5.75 Å². The highest BCUT2D eigenvalue weighted by molar-refractivity contribution is 5.33. The summed E-state index contributed by atoms with van der Waals surface area (Å²) in [6.07, 6.45) is 9.22. The van der Waals surface area contributed by atoms with Crippen molar-refractivity contribution < 1.29 is 4.74 Å². The molecule has 0 aliphatic rings. The quantitative estimate of drug-likeness (QED) is 0.543. The van der Waals surface area contributed by atoms with Crippen LogP contribution in [0.3, 0.4) is 0 Å². The van der Waals surface area contributed by atoms with E-state index < -0.39 is 0 Å². The summed E-state index contributed by atoms with van der Waals surface area (Å²) in [5.41, 5.74) is 1.35. The van der Waals surface area contributed by atoms with Gasteiger partial charge in [-0.25, -0.2) is 0 Å². The van der Waals surface area contributed by atoms with Gasteiger partial charge < -0.3 is 4.74 Å². The highest BCUT2D eigenvalue weighted by atomic mass is 16.5. The molecule has 0 bridgehead atoms. The van der Waals surface area contributed by atoms with Crippen LogP contribution in [0.4, 0.5) is 0 Å². The zero-order valence-corrected chi connectivity index (χ0v) is 12.2. The van der Waals surface area contributed by atoms with Gasteiger partial charge in [-0.05, 0) is 30.4 Å². The lowest BCUT2D eigenvalue weighted by atomic mass is 9.97. The predicted octanol–water partition coefficient (Wildman–Crippen LogP) is 5.23. The minimum atomic E-state index is 0.904. The number of aryl methyl sites for hydroxylation is 1. The first kappa shape index (κ1) is 15.1. The Morgan fingerprint density at radius 2 is 1.83 bits per heavy atom. The Morgan fingerprint density at radius 1 is 1.06 bits per heavy atom. The molecule has 0 spiro atoms. The number of hydrogen-bond acceptors (Lipinski definition) is 1. The smallest absolute Gasteiger partial charge is 0.122 e. The van der Waals surface area contributed by atoms with E-state index in [0.717, 1.165) is 18.1 Å². The molecule has 1 rings (SSSR count). The Hall–Kier alpha value is -0.980. The number of para-hydroxylation sites is 1. The average Bonchev–Trinajstić information content (AvgIpc) is 2.39. The number of benzene rings is 1. The Bertz CT molecular complexity index is 319. The molecule has 1 heteroatoms. The molecule has 0 saturated carbocycles. The molecular weight excluding hydrogens is 220 g/mol. The first-order valence-corrected chi connectivity index (χ1v) is 7.39. The third-order valence-corrected chi connectivity index (χ3v) is 3.62. The van der Waals surface area contributed by atoms with E-state index in [1.807, 2.05) is 6.07 Å².